The first-order valence-corrected chi connectivity index (χ1v) is 10.8. The van der Waals surface area contributed by atoms with Crippen molar-refractivity contribution in [1.82, 2.24) is 20.0 Å². The smallest absolute Gasteiger partial charge is 0.236 e. The van der Waals surface area contributed by atoms with Gasteiger partial charge in [-0.05, 0) is 25.1 Å². The fourth-order valence-electron chi connectivity index (χ4n) is 4.13. The molecular formula is C22H31FIN5O3. The van der Waals surface area contributed by atoms with Crippen LogP contribution in [0.15, 0.2) is 27.6 Å². The van der Waals surface area contributed by atoms with E-state index < -0.39 is 0 Å². The molecule has 0 radical (unpaired) electrons. The number of aryl methyl sites for hydroxylation is 1. The van der Waals surface area contributed by atoms with Gasteiger partial charge in [-0.1, -0.05) is 0 Å². The van der Waals surface area contributed by atoms with Gasteiger partial charge in [0.15, 0.2) is 5.96 Å². The number of carbonyl (C=O) groups is 1. The molecule has 32 heavy (non-hydrogen) atoms. The Bertz CT molecular complexity index is 952. The Balaban J connectivity index is 0.00000289. The number of fused-ring (bicyclic) bond motifs is 1. The molecule has 0 spiro atoms. The van der Waals surface area contributed by atoms with Gasteiger partial charge in [-0.25, -0.2) is 4.39 Å². The van der Waals surface area contributed by atoms with E-state index in [2.05, 4.69) is 20.1 Å². The molecule has 0 aliphatic carbocycles. The molecule has 0 atom stereocenters. The first-order valence-electron chi connectivity index (χ1n) is 10.8. The molecule has 2 aliphatic rings. The van der Waals surface area contributed by atoms with Gasteiger partial charge < -0.3 is 24.3 Å². The third kappa shape index (κ3) is 5.70. The quantitative estimate of drug-likeness (QED) is 0.352. The largest absolute Gasteiger partial charge is 0.459 e. The zero-order chi connectivity index (χ0) is 21.8. The topological polar surface area (TPSA) is 73.6 Å². The predicted octanol–water partition coefficient (Wildman–Crippen LogP) is 2.05. The van der Waals surface area contributed by atoms with Crippen molar-refractivity contribution in [3.63, 3.8) is 0 Å². The van der Waals surface area contributed by atoms with E-state index in [4.69, 9.17) is 9.15 Å². The van der Waals surface area contributed by atoms with Crippen LogP contribution in [0.2, 0.25) is 0 Å². The van der Waals surface area contributed by atoms with Gasteiger partial charge in [-0.2, -0.15) is 0 Å². The van der Waals surface area contributed by atoms with Crippen LogP contribution in [0.3, 0.4) is 0 Å². The van der Waals surface area contributed by atoms with Gasteiger partial charge in [0.2, 0.25) is 5.91 Å². The molecule has 3 heterocycles. The van der Waals surface area contributed by atoms with Gasteiger partial charge in [0.05, 0.1) is 26.3 Å². The molecule has 2 aromatic rings. The molecule has 0 bridgehead atoms. The van der Waals surface area contributed by atoms with Crippen molar-refractivity contribution >= 4 is 46.8 Å². The van der Waals surface area contributed by atoms with Crippen molar-refractivity contribution in [1.29, 1.82) is 0 Å². The molecule has 2 saturated heterocycles. The number of furan rings is 1. The number of halogens is 2. The lowest BCUT2D eigenvalue weighted by Crippen LogP contribution is -2.54. The van der Waals surface area contributed by atoms with E-state index in [-0.39, 0.29) is 35.7 Å². The highest BCUT2D eigenvalue weighted by molar-refractivity contribution is 14.0. The summed E-state index contributed by atoms with van der Waals surface area (Å²) in [5, 5.41) is 4.16. The number of hydrogen-bond donors (Lipinski definition) is 1. The van der Waals surface area contributed by atoms with E-state index >= 15 is 0 Å². The molecule has 10 heteroatoms. The molecule has 1 aromatic carbocycles. The second-order valence-electron chi connectivity index (χ2n) is 7.95. The van der Waals surface area contributed by atoms with Crippen molar-refractivity contribution in [2.45, 2.75) is 13.5 Å². The molecule has 1 amide bonds. The van der Waals surface area contributed by atoms with Gasteiger partial charge >= 0.3 is 0 Å². The molecular weight excluding hydrogens is 528 g/mol. The van der Waals surface area contributed by atoms with Crippen molar-refractivity contribution < 1.29 is 18.3 Å². The number of nitrogens with one attached hydrogen (secondary N) is 1. The summed E-state index contributed by atoms with van der Waals surface area (Å²) in [4.78, 5) is 23.1. The Kier molecular flexibility index (Phi) is 8.72. The summed E-state index contributed by atoms with van der Waals surface area (Å²) < 4.78 is 24.7. The third-order valence-electron chi connectivity index (χ3n) is 6.01. The Labute approximate surface area is 204 Å². The normalized spacial score (nSPS) is 18.0. The molecule has 4 rings (SSSR count). The van der Waals surface area contributed by atoms with Crippen LogP contribution in [0, 0.1) is 12.7 Å². The van der Waals surface area contributed by atoms with Gasteiger partial charge in [0, 0.05) is 57.3 Å². The molecule has 2 fully saturated rings. The highest BCUT2D eigenvalue weighted by Crippen LogP contribution is 2.25. The number of nitrogens with zero attached hydrogens (tertiary/aromatic N) is 4. The number of morpholine rings is 1. The van der Waals surface area contributed by atoms with Crippen LogP contribution < -0.4 is 5.32 Å². The lowest BCUT2D eigenvalue weighted by molar-refractivity contribution is -0.136. The minimum Gasteiger partial charge on any atom is -0.459 e. The van der Waals surface area contributed by atoms with Crippen molar-refractivity contribution in [3.8, 4) is 0 Å². The molecule has 1 N–H and O–H groups in total. The Morgan fingerprint density at radius 1 is 1.12 bits per heavy atom. The summed E-state index contributed by atoms with van der Waals surface area (Å²) in [6.07, 6.45) is 0. The average molecular weight is 559 g/mol. The summed E-state index contributed by atoms with van der Waals surface area (Å²) in [5.74, 6) is 1.48. The van der Waals surface area contributed by atoms with E-state index in [1.165, 1.54) is 12.1 Å². The van der Waals surface area contributed by atoms with Gasteiger partial charge in [-0.15, -0.1) is 24.0 Å². The first kappa shape index (κ1) is 24.7. The maximum Gasteiger partial charge on any atom is 0.236 e. The number of carbonyl (C=O) groups excluding carboxylic acids is 1. The average Bonchev–Trinajstić information content (AvgIpc) is 3.11. The maximum absolute atomic E-state index is 13.5. The fourth-order valence-corrected chi connectivity index (χ4v) is 4.13. The summed E-state index contributed by atoms with van der Waals surface area (Å²) in [5.41, 5.74) is 1.62. The van der Waals surface area contributed by atoms with E-state index in [1.54, 1.807) is 13.1 Å². The van der Waals surface area contributed by atoms with Gasteiger partial charge in [0.1, 0.15) is 17.2 Å². The second kappa shape index (κ2) is 11.3. The number of rotatable bonds is 4. The summed E-state index contributed by atoms with van der Waals surface area (Å²) in [7, 11) is 1.76. The molecule has 2 aliphatic heterocycles. The zero-order valence-electron chi connectivity index (χ0n) is 18.6. The molecule has 0 saturated carbocycles. The molecule has 1 aromatic heterocycles. The van der Waals surface area contributed by atoms with Crippen LogP contribution in [-0.4, -0.2) is 92.6 Å². The fraction of sp³-hybridized carbons (Fsp3) is 0.545. The monoisotopic (exact) mass is 559 g/mol. The van der Waals surface area contributed by atoms with E-state index in [1.807, 2.05) is 11.8 Å². The summed E-state index contributed by atoms with van der Waals surface area (Å²) in [6, 6.07) is 4.57. The number of ether oxygens (including phenoxy) is 1. The number of amides is 1. The van der Waals surface area contributed by atoms with E-state index in [0.29, 0.717) is 45.0 Å². The lowest BCUT2D eigenvalue weighted by atomic mass is 10.1. The standard InChI is InChI=1S/C22H30FN5O3.HI/c1-16-18-13-17(23)3-4-19(18)31-20(16)14-25-22(24-2)28-7-5-26(6-8-28)15-21(29)27-9-11-30-12-10-27;/h3-4,13H,5-12,14-15H2,1-2H3,(H,24,25);1H. The van der Waals surface area contributed by atoms with Gasteiger partial charge in [0.25, 0.3) is 0 Å². The number of piperazine rings is 1. The first-order chi connectivity index (χ1) is 15.0. The van der Waals surface area contributed by atoms with Crippen LogP contribution in [-0.2, 0) is 16.1 Å². The SMILES string of the molecule is CN=C(NCc1oc2ccc(F)cc2c1C)N1CCN(CC(=O)N2CCOCC2)CC1.I. The van der Waals surface area contributed by atoms with E-state index in [9.17, 15) is 9.18 Å². The third-order valence-corrected chi connectivity index (χ3v) is 6.01. The molecule has 8 nitrogen and oxygen atoms in total. The van der Waals surface area contributed by atoms with Crippen LogP contribution in [0.25, 0.3) is 11.0 Å². The van der Waals surface area contributed by atoms with E-state index in [0.717, 1.165) is 48.8 Å². The van der Waals surface area contributed by atoms with Crippen LogP contribution >= 0.6 is 24.0 Å². The predicted molar refractivity (Wildman–Crippen MR) is 132 cm³/mol. The minimum absolute atomic E-state index is 0. The summed E-state index contributed by atoms with van der Waals surface area (Å²) >= 11 is 0. The lowest BCUT2D eigenvalue weighted by Gasteiger charge is -2.37. The maximum atomic E-state index is 13.5. The van der Waals surface area contributed by atoms with Gasteiger partial charge in [-0.3, -0.25) is 14.7 Å². The summed E-state index contributed by atoms with van der Waals surface area (Å²) in [6.45, 7) is 8.68. The van der Waals surface area contributed by atoms with Crippen LogP contribution in [0.1, 0.15) is 11.3 Å². The Morgan fingerprint density at radius 2 is 1.84 bits per heavy atom. The highest BCUT2D eigenvalue weighted by atomic mass is 127. The Hall–Kier alpha value is -1.92. The Morgan fingerprint density at radius 3 is 2.53 bits per heavy atom. The minimum atomic E-state index is -0.267. The molecule has 176 valence electrons. The number of aliphatic imine (C=N–C) groups is 1. The van der Waals surface area contributed by atoms with Crippen LogP contribution in [0.5, 0.6) is 0 Å². The van der Waals surface area contributed by atoms with Crippen molar-refractivity contribution in [2.75, 3.05) is 66.1 Å². The van der Waals surface area contributed by atoms with Crippen LogP contribution in [0.4, 0.5) is 4.39 Å². The second-order valence-corrected chi connectivity index (χ2v) is 7.95. The number of benzene rings is 1. The number of guanidine groups is 1. The van der Waals surface area contributed by atoms with Crippen molar-refractivity contribution in [2.24, 2.45) is 4.99 Å². The molecule has 0 unspecified atom stereocenters. The highest BCUT2D eigenvalue weighted by Gasteiger charge is 2.24. The zero-order valence-corrected chi connectivity index (χ0v) is 20.9. The van der Waals surface area contributed by atoms with Crippen molar-refractivity contribution in [3.05, 3.63) is 35.3 Å². The number of hydrogen-bond acceptors (Lipinski definition) is 5.